The van der Waals surface area contributed by atoms with E-state index in [4.69, 9.17) is 11.6 Å². The second-order valence-corrected chi connectivity index (χ2v) is 8.07. The van der Waals surface area contributed by atoms with Crippen molar-refractivity contribution in [2.24, 2.45) is 0 Å². The highest BCUT2D eigenvalue weighted by Gasteiger charge is 2.36. The summed E-state index contributed by atoms with van der Waals surface area (Å²) in [6.45, 7) is 0.615. The lowest BCUT2D eigenvalue weighted by Gasteiger charge is -2.16. The number of hydrogen-bond acceptors (Lipinski definition) is 4. The Hall–Kier alpha value is -1.92. The summed E-state index contributed by atoms with van der Waals surface area (Å²) >= 11 is 5.80. The molecule has 0 aliphatic carbocycles. The van der Waals surface area contributed by atoms with E-state index in [1.54, 1.807) is 35.4 Å². The van der Waals surface area contributed by atoms with Crippen LogP contribution < -0.4 is 0 Å². The van der Waals surface area contributed by atoms with Gasteiger partial charge < -0.3 is 4.90 Å². The number of halogens is 1. The summed E-state index contributed by atoms with van der Waals surface area (Å²) in [5, 5.41) is -0.104. The van der Waals surface area contributed by atoms with E-state index in [1.165, 1.54) is 18.3 Å². The molecule has 0 radical (unpaired) electrons. The third kappa shape index (κ3) is 3.23. The number of likely N-dealkylation sites (tertiary alicyclic amines) is 1. The predicted octanol–water partition coefficient (Wildman–Crippen LogP) is 2.42. The summed E-state index contributed by atoms with van der Waals surface area (Å²) in [7, 11) is -3.47. The number of nitrogens with zero attached hydrogens (tertiary/aromatic N) is 2. The third-order valence-corrected chi connectivity index (χ3v) is 6.37. The lowest BCUT2D eigenvalue weighted by Crippen LogP contribution is -2.32. The molecule has 1 aromatic carbocycles. The molecule has 1 aromatic heterocycles. The molecule has 0 N–H and O–H groups in total. The van der Waals surface area contributed by atoms with E-state index in [2.05, 4.69) is 4.98 Å². The Morgan fingerprint density at radius 1 is 1.22 bits per heavy atom. The Kier molecular flexibility index (Phi) is 4.37. The van der Waals surface area contributed by atoms with Gasteiger partial charge in [-0.1, -0.05) is 11.6 Å². The fourth-order valence-corrected chi connectivity index (χ4v) is 4.47. The van der Waals surface area contributed by atoms with Crippen LogP contribution >= 0.6 is 11.6 Å². The van der Waals surface area contributed by atoms with Crippen molar-refractivity contribution in [3.05, 3.63) is 59.4 Å². The van der Waals surface area contributed by atoms with Crippen LogP contribution in [0.15, 0.2) is 53.7 Å². The molecular formula is C16H15ClN2O3S. The van der Waals surface area contributed by atoms with Crippen molar-refractivity contribution in [1.82, 2.24) is 9.88 Å². The first-order valence-electron chi connectivity index (χ1n) is 7.17. The standard InChI is InChI=1S/C16H15ClN2O3S/c17-13-3-5-14(6-4-13)23(21,22)15-7-9-19(11-15)16(20)12-2-1-8-18-10-12/h1-6,8,10,15H,7,9,11H2. The minimum absolute atomic E-state index is 0.188. The molecule has 1 unspecified atom stereocenters. The van der Waals surface area contributed by atoms with Crippen LogP contribution in [-0.2, 0) is 9.84 Å². The van der Waals surface area contributed by atoms with Crippen LogP contribution in [0.2, 0.25) is 5.02 Å². The normalized spacial score (nSPS) is 18.1. The van der Waals surface area contributed by atoms with Crippen LogP contribution in [0, 0.1) is 0 Å². The number of hydrogen-bond donors (Lipinski definition) is 0. The van der Waals surface area contributed by atoms with Crippen molar-refractivity contribution in [2.75, 3.05) is 13.1 Å². The van der Waals surface area contributed by atoms with Gasteiger partial charge in [0.05, 0.1) is 15.7 Å². The number of benzene rings is 1. The molecule has 1 saturated heterocycles. The summed E-state index contributed by atoms with van der Waals surface area (Å²) in [6.07, 6.45) is 3.51. The van der Waals surface area contributed by atoms with E-state index in [0.717, 1.165) is 0 Å². The maximum absolute atomic E-state index is 12.7. The zero-order chi connectivity index (χ0) is 16.4. The Morgan fingerprint density at radius 3 is 2.61 bits per heavy atom. The number of carbonyl (C=O) groups excluding carboxylic acids is 1. The molecule has 2 heterocycles. The van der Waals surface area contributed by atoms with Gasteiger partial charge in [0.2, 0.25) is 0 Å². The molecule has 1 amide bonds. The number of sulfone groups is 1. The summed E-state index contributed by atoms with van der Waals surface area (Å²) < 4.78 is 25.3. The molecule has 120 valence electrons. The van der Waals surface area contributed by atoms with Gasteiger partial charge in [0, 0.05) is 30.5 Å². The van der Waals surface area contributed by atoms with Gasteiger partial charge in [0.25, 0.3) is 5.91 Å². The summed E-state index contributed by atoms with van der Waals surface area (Å²) in [4.78, 5) is 18.1. The molecule has 7 heteroatoms. The summed E-state index contributed by atoms with van der Waals surface area (Å²) in [5.41, 5.74) is 0.469. The fourth-order valence-electron chi connectivity index (χ4n) is 2.65. The molecule has 1 aliphatic rings. The first-order valence-corrected chi connectivity index (χ1v) is 9.09. The van der Waals surface area contributed by atoms with Gasteiger partial charge in [-0.2, -0.15) is 0 Å². The van der Waals surface area contributed by atoms with Crippen LogP contribution in [0.25, 0.3) is 0 Å². The Balaban J connectivity index is 1.77. The van der Waals surface area contributed by atoms with Crippen LogP contribution in [0.5, 0.6) is 0 Å². The molecule has 0 bridgehead atoms. The zero-order valence-corrected chi connectivity index (χ0v) is 13.8. The Bertz CT molecular complexity index is 807. The topological polar surface area (TPSA) is 67.3 Å². The molecule has 1 aliphatic heterocycles. The zero-order valence-electron chi connectivity index (χ0n) is 12.2. The molecule has 0 saturated carbocycles. The molecule has 1 fully saturated rings. The molecule has 23 heavy (non-hydrogen) atoms. The monoisotopic (exact) mass is 350 g/mol. The molecule has 5 nitrogen and oxygen atoms in total. The van der Waals surface area contributed by atoms with Gasteiger partial charge in [0.1, 0.15) is 0 Å². The Labute approximate surface area is 139 Å². The first kappa shape index (κ1) is 16.0. The number of carbonyl (C=O) groups is 1. The number of aromatic nitrogens is 1. The van der Waals surface area contributed by atoms with Crippen LogP contribution in [0.1, 0.15) is 16.8 Å². The van der Waals surface area contributed by atoms with Crippen molar-refractivity contribution in [2.45, 2.75) is 16.6 Å². The second-order valence-electron chi connectivity index (χ2n) is 5.40. The van der Waals surface area contributed by atoms with Gasteiger partial charge in [-0.3, -0.25) is 9.78 Å². The average molecular weight is 351 g/mol. The lowest BCUT2D eigenvalue weighted by atomic mass is 10.2. The van der Waals surface area contributed by atoms with Gasteiger partial charge >= 0.3 is 0 Å². The summed E-state index contributed by atoms with van der Waals surface area (Å²) in [5.74, 6) is -0.188. The number of pyridine rings is 1. The van der Waals surface area contributed by atoms with E-state index in [1.807, 2.05) is 0 Å². The van der Waals surface area contributed by atoms with Crippen molar-refractivity contribution in [3.8, 4) is 0 Å². The molecule has 1 atom stereocenters. The lowest BCUT2D eigenvalue weighted by molar-refractivity contribution is 0.0793. The van der Waals surface area contributed by atoms with Crippen molar-refractivity contribution in [3.63, 3.8) is 0 Å². The molecule has 0 spiro atoms. The predicted molar refractivity (Wildman–Crippen MR) is 87.2 cm³/mol. The maximum Gasteiger partial charge on any atom is 0.255 e. The van der Waals surface area contributed by atoms with Crippen molar-refractivity contribution < 1.29 is 13.2 Å². The molecule has 3 rings (SSSR count). The van der Waals surface area contributed by atoms with E-state index >= 15 is 0 Å². The molecular weight excluding hydrogens is 336 g/mol. The summed E-state index contributed by atoms with van der Waals surface area (Å²) in [6, 6.07) is 9.48. The number of amides is 1. The van der Waals surface area contributed by atoms with Crippen LogP contribution in [0.4, 0.5) is 0 Å². The maximum atomic E-state index is 12.7. The van der Waals surface area contributed by atoms with E-state index in [-0.39, 0.29) is 17.3 Å². The van der Waals surface area contributed by atoms with Gasteiger partial charge in [-0.05, 0) is 42.8 Å². The van der Waals surface area contributed by atoms with Crippen LogP contribution in [0.3, 0.4) is 0 Å². The highest BCUT2D eigenvalue weighted by molar-refractivity contribution is 7.92. The SMILES string of the molecule is O=C(c1cccnc1)N1CCC(S(=O)(=O)c2ccc(Cl)cc2)C1. The van der Waals surface area contributed by atoms with Gasteiger partial charge in [-0.15, -0.1) is 0 Å². The first-order chi connectivity index (χ1) is 11.0. The van der Waals surface area contributed by atoms with Gasteiger partial charge in [-0.25, -0.2) is 8.42 Å². The van der Waals surface area contributed by atoms with E-state index < -0.39 is 15.1 Å². The molecule has 2 aromatic rings. The van der Waals surface area contributed by atoms with Crippen molar-refractivity contribution >= 4 is 27.3 Å². The minimum Gasteiger partial charge on any atom is -0.337 e. The van der Waals surface area contributed by atoms with Gasteiger partial charge in [0.15, 0.2) is 9.84 Å². The largest absolute Gasteiger partial charge is 0.337 e. The van der Waals surface area contributed by atoms with E-state index in [9.17, 15) is 13.2 Å². The Morgan fingerprint density at radius 2 is 1.96 bits per heavy atom. The average Bonchev–Trinajstić information content (AvgIpc) is 3.06. The van der Waals surface area contributed by atoms with Crippen LogP contribution in [-0.4, -0.2) is 42.5 Å². The number of rotatable bonds is 3. The smallest absolute Gasteiger partial charge is 0.255 e. The highest BCUT2D eigenvalue weighted by atomic mass is 35.5. The van der Waals surface area contributed by atoms with E-state index in [0.29, 0.717) is 23.6 Å². The highest BCUT2D eigenvalue weighted by Crippen LogP contribution is 2.25. The fraction of sp³-hybridized carbons (Fsp3) is 0.250. The third-order valence-electron chi connectivity index (χ3n) is 3.92. The van der Waals surface area contributed by atoms with Crippen molar-refractivity contribution in [1.29, 1.82) is 0 Å². The quantitative estimate of drug-likeness (QED) is 0.852. The second kappa shape index (κ2) is 6.29. The minimum atomic E-state index is -3.47.